The number of hydrogen-bond donors (Lipinski definition) is 0. The first-order valence-corrected chi connectivity index (χ1v) is 8.64. The summed E-state index contributed by atoms with van der Waals surface area (Å²) in [7, 11) is 0. The molecule has 7 nitrogen and oxygen atoms in total. The van der Waals surface area contributed by atoms with Crippen molar-refractivity contribution in [2.75, 3.05) is 24.5 Å². The topological polar surface area (TPSA) is 67.7 Å². The lowest BCUT2D eigenvalue weighted by Crippen LogP contribution is -2.50. The van der Waals surface area contributed by atoms with Crippen LogP contribution in [-0.4, -0.2) is 58.3 Å². The minimum absolute atomic E-state index is 0.00832. The smallest absolute Gasteiger partial charge is 0.228 e. The van der Waals surface area contributed by atoms with Gasteiger partial charge in [0.25, 0.3) is 0 Å². The van der Waals surface area contributed by atoms with Crippen molar-refractivity contribution in [3.8, 4) is 0 Å². The molecule has 0 saturated carbocycles. The molecule has 0 unspecified atom stereocenters. The average molecular weight is 334 g/mol. The summed E-state index contributed by atoms with van der Waals surface area (Å²) in [6.07, 6.45) is 3.91. The molecule has 3 rings (SSSR count). The van der Waals surface area contributed by atoms with Crippen molar-refractivity contribution in [2.45, 2.75) is 52.4 Å². The molecular formula is C17H26N4O3. The first-order chi connectivity index (χ1) is 11.3. The molecule has 24 heavy (non-hydrogen) atoms. The van der Waals surface area contributed by atoms with Crippen LogP contribution < -0.4 is 4.90 Å². The summed E-state index contributed by atoms with van der Waals surface area (Å²) in [5.41, 5.74) is 0.771. The zero-order valence-corrected chi connectivity index (χ0v) is 14.8. The summed E-state index contributed by atoms with van der Waals surface area (Å²) in [6.45, 7) is 9.65. The number of anilines is 1. The number of carbonyl (C=O) groups is 2. The van der Waals surface area contributed by atoms with Gasteiger partial charge in [0.05, 0.1) is 30.0 Å². The normalized spacial score (nSPS) is 28.0. The first-order valence-electron chi connectivity index (χ1n) is 8.64. The molecule has 0 spiro atoms. The Labute approximate surface area is 142 Å². The summed E-state index contributed by atoms with van der Waals surface area (Å²) in [5, 5.41) is 4.29. The van der Waals surface area contributed by atoms with Crippen molar-refractivity contribution in [1.29, 1.82) is 0 Å². The predicted octanol–water partition coefficient (Wildman–Crippen LogP) is 1.45. The van der Waals surface area contributed by atoms with Gasteiger partial charge >= 0.3 is 0 Å². The Morgan fingerprint density at radius 2 is 1.92 bits per heavy atom. The van der Waals surface area contributed by atoms with E-state index in [0.717, 1.165) is 5.69 Å². The van der Waals surface area contributed by atoms with Gasteiger partial charge in [-0.05, 0) is 27.7 Å². The van der Waals surface area contributed by atoms with E-state index in [1.54, 1.807) is 11.1 Å². The van der Waals surface area contributed by atoms with Crippen LogP contribution in [0.15, 0.2) is 12.4 Å². The number of aromatic nitrogens is 2. The monoisotopic (exact) mass is 334 g/mol. The van der Waals surface area contributed by atoms with Crippen LogP contribution in [-0.2, 0) is 14.3 Å². The molecule has 2 fully saturated rings. The molecule has 0 aromatic carbocycles. The molecule has 1 aromatic rings. The summed E-state index contributed by atoms with van der Waals surface area (Å²) < 4.78 is 7.51. The molecule has 2 aliphatic heterocycles. The third kappa shape index (κ3) is 3.31. The van der Waals surface area contributed by atoms with E-state index in [0.29, 0.717) is 19.6 Å². The molecular weight excluding hydrogens is 308 g/mol. The minimum atomic E-state index is -0.280. The Balaban J connectivity index is 1.68. The second kappa shape index (κ2) is 6.55. The Kier molecular flexibility index (Phi) is 4.62. The summed E-state index contributed by atoms with van der Waals surface area (Å²) in [5.74, 6) is -0.229. The van der Waals surface area contributed by atoms with E-state index in [9.17, 15) is 9.59 Å². The molecule has 0 aliphatic carbocycles. The Bertz CT molecular complexity index is 617. The molecule has 0 radical (unpaired) electrons. The van der Waals surface area contributed by atoms with Gasteiger partial charge in [0.2, 0.25) is 11.8 Å². The van der Waals surface area contributed by atoms with Crippen molar-refractivity contribution in [3.63, 3.8) is 0 Å². The van der Waals surface area contributed by atoms with Gasteiger partial charge in [-0.1, -0.05) is 0 Å². The lowest BCUT2D eigenvalue weighted by atomic mass is 10.1. The fraction of sp³-hybridized carbons (Fsp3) is 0.706. The van der Waals surface area contributed by atoms with Crippen molar-refractivity contribution in [3.05, 3.63) is 12.4 Å². The van der Waals surface area contributed by atoms with E-state index < -0.39 is 0 Å². The number of carbonyl (C=O) groups excluding carboxylic acids is 2. The molecule has 0 bridgehead atoms. The Morgan fingerprint density at radius 3 is 2.50 bits per heavy atom. The highest BCUT2D eigenvalue weighted by molar-refractivity contribution is 6.00. The zero-order chi connectivity index (χ0) is 17.4. The largest absolute Gasteiger partial charge is 0.372 e. The summed E-state index contributed by atoms with van der Waals surface area (Å²) in [6, 6.07) is 0.241. The predicted molar refractivity (Wildman–Crippen MR) is 89.7 cm³/mol. The van der Waals surface area contributed by atoms with Crippen LogP contribution >= 0.6 is 0 Å². The van der Waals surface area contributed by atoms with Crippen molar-refractivity contribution >= 4 is 17.5 Å². The van der Waals surface area contributed by atoms with Gasteiger partial charge in [-0.15, -0.1) is 0 Å². The van der Waals surface area contributed by atoms with Gasteiger partial charge < -0.3 is 14.5 Å². The fourth-order valence-electron chi connectivity index (χ4n) is 3.49. The number of rotatable bonds is 3. The van der Waals surface area contributed by atoms with Gasteiger partial charge in [0.15, 0.2) is 0 Å². The minimum Gasteiger partial charge on any atom is -0.372 e. The Hall–Kier alpha value is -1.89. The van der Waals surface area contributed by atoms with Crippen LogP contribution in [0.2, 0.25) is 0 Å². The molecule has 3 heterocycles. The zero-order valence-electron chi connectivity index (χ0n) is 14.8. The third-order valence-electron chi connectivity index (χ3n) is 4.63. The number of ether oxygens (including phenoxy) is 1. The molecule has 2 saturated heterocycles. The quantitative estimate of drug-likeness (QED) is 0.839. The van der Waals surface area contributed by atoms with E-state index in [4.69, 9.17) is 4.74 Å². The van der Waals surface area contributed by atoms with Crippen molar-refractivity contribution < 1.29 is 14.3 Å². The van der Waals surface area contributed by atoms with E-state index in [-0.39, 0.29) is 42.4 Å². The SMILES string of the molecule is CC(C)n1cc(N2C[C@H](C(=O)N3C[C@@H](C)O[C@H](C)C3)CC2=O)cn1. The molecule has 2 amide bonds. The molecule has 3 atom stereocenters. The van der Waals surface area contributed by atoms with Crippen molar-refractivity contribution in [1.82, 2.24) is 14.7 Å². The number of amides is 2. The standard InChI is InChI=1S/C17H26N4O3/c1-11(2)21-10-15(6-18-21)20-9-14(5-16(20)22)17(23)19-7-12(3)24-13(4)8-19/h6,10-14H,5,7-9H2,1-4H3/t12-,13-,14-/m1/s1. The number of hydrogen-bond acceptors (Lipinski definition) is 4. The first kappa shape index (κ1) is 17.0. The van der Waals surface area contributed by atoms with Crippen molar-refractivity contribution in [2.24, 2.45) is 5.92 Å². The van der Waals surface area contributed by atoms with Crippen LogP contribution in [0.4, 0.5) is 5.69 Å². The maximum atomic E-state index is 12.8. The molecule has 7 heteroatoms. The van der Waals surface area contributed by atoms with Gasteiger partial charge in [-0.2, -0.15) is 5.10 Å². The second-order valence-electron chi connectivity index (χ2n) is 7.18. The van der Waals surface area contributed by atoms with Crippen LogP contribution in [0, 0.1) is 5.92 Å². The highest BCUT2D eigenvalue weighted by Crippen LogP contribution is 2.27. The third-order valence-corrected chi connectivity index (χ3v) is 4.63. The highest BCUT2D eigenvalue weighted by Gasteiger charge is 2.39. The van der Waals surface area contributed by atoms with E-state index in [1.165, 1.54) is 0 Å². The van der Waals surface area contributed by atoms with Gasteiger partial charge in [0, 0.05) is 38.3 Å². The molecule has 0 N–H and O–H groups in total. The van der Waals surface area contributed by atoms with Gasteiger partial charge in [-0.25, -0.2) is 0 Å². The summed E-state index contributed by atoms with van der Waals surface area (Å²) >= 11 is 0. The summed E-state index contributed by atoms with van der Waals surface area (Å²) in [4.78, 5) is 28.7. The van der Waals surface area contributed by atoms with E-state index >= 15 is 0 Å². The Morgan fingerprint density at radius 1 is 1.25 bits per heavy atom. The van der Waals surface area contributed by atoms with Crippen LogP contribution in [0.3, 0.4) is 0 Å². The van der Waals surface area contributed by atoms with Crippen LogP contribution in [0.5, 0.6) is 0 Å². The second-order valence-corrected chi connectivity index (χ2v) is 7.18. The van der Waals surface area contributed by atoms with E-state index in [2.05, 4.69) is 5.10 Å². The molecule has 132 valence electrons. The maximum absolute atomic E-state index is 12.8. The lowest BCUT2D eigenvalue weighted by Gasteiger charge is -2.36. The maximum Gasteiger partial charge on any atom is 0.228 e. The molecule has 2 aliphatic rings. The molecule has 1 aromatic heterocycles. The fourth-order valence-corrected chi connectivity index (χ4v) is 3.49. The van der Waals surface area contributed by atoms with Gasteiger partial charge in [-0.3, -0.25) is 14.3 Å². The highest BCUT2D eigenvalue weighted by atomic mass is 16.5. The average Bonchev–Trinajstić information content (AvgIpc) is 3.11. The van der Waals surface area contributed by atoms with E-state index in [1.807, 2.05) is 43.5 Å². The number of morpholine rings is 1. The lowest BCUT2D eigenvalue weighted by molar-refractivity contribution is -0.147. The van der Waals surface area contributed by atoms with Crippen LogP contribution in [0.1, 0.15) is 40.2 Å². The van der Waals surface area contributed by atoms with Crippen LogP contribution in [0.25, 0.3) is 0 Å². The van der Waals surface area contributed by atoms with Gasteiger partial charge in [0.1, 0.15) is 0 Å². The number of nitrogens with zero attached hydrogens (tertiary/aromatic N) is 4.